The fourth-order valence-corrected chi connectivity index (χ4v) is 3.20. The highest BCUT2D eigenvalue weighted by Gasteiger charge is 2.26. The molecule has 3 aromatic rings. The molecular weight excluding hydrogens is 328 g/mol. The molecule has 0 N–H and O–H groups in total. The highest BCUT2D eigenvalue weighted by molar-refractivity contribution is 5.78. The fraction of sp³-hybridized carbons (Fsp3) is 0.250. The molecular formula is C20H20N4O2. The Morgan fingerprint density at radius 1 is 1.12 bits per heavy atom. The third-order valence-electron chi connectivity index (χ3n) is 4.45. The van der Waals surface area contributed by atoms with Crippen molar-refractivity contribution in [3.8, 4) is 5.75 Å². The molecule has 0 aliphatic carbocycles. The summed E-state index contributed by atoms with van der Waals surface area (Å²) in [5, 5.41) is 0. The zero-order valence-corrected chi connectivity index (χ0v) is 14.4. The van der Waals surface area contributed by atoms with E-state index in [2.05, 4.69) is 14.5 Å². The summed E-state index contributed by atoms with van der Waals surface area (Å²) in [5.74, 6) is 0.767. The Hall–Kier alpha value is -3.15. The summed E-state index contributed by atoms with van der Waals surface area (Å²) >= 11 is 0. The van der Waals surface area contributed by atoms with Crippen LogP contribution in [0.4, 0.5) is 0 Å². The van der Waals surface area contributed by atoms with E-state index in [0.717, 1.165) is 11.4 Å². The number of pyridine rings is 2. The lowest BCUT2D eigenvalue weighted by Crippen LogP contribution is -2.39. The van der Waals surface area contributed by atoms with Crippen LogP contribution in [0.5, 0.6) is 5.75 Å². The smallest absolute Gasteiger partial charge is 0.229 e. The number of hydrogen-bond donors (Lipinski definition) is 0. The van der Waals surface area contributed by atoms with Crippen molar-refractivity contribution in [1.29, 1.82) is 0 Å². The van der Waals surface area contributed by atoms with Crippen LogP contribution in [-0.4, -0.2) is 38.0 Å². The van der Waals surface area contributed by atoms with E-state index in [1.807, 2.05) is 53.6 Å². The topological polar surface area (TPSA) is 60.2 Å². The SMILES string of the molecule is O=C(Cc1ccccn1)N1Cc2cccn2C[C@@H](Oc2cccnc2)C1. The number of hydrogen-bond acceptors (Lipinski definition) is 4. The number of aromatic nitrogens is 3. The summed E-state index contributed by atoms with van der Waals surface area (Å²) in [6.07, 6.45) is 7.31. The minimum Gasteiger partial charge on any atom is -0.485 e. The number of rotatable bonds is 4. The van der Waals surface area contributed by atoms with Crippen LogP contribution in [0.15, 0.2) is 67.3 Å². The van der Waals surface area contributed by atoms with Gasteiger partial charge in [-0.1, -0.05) is 6.07 Å². The summed E-state index contributed by atoms with van der Waals surface area (Å²) in [6.45, 7) is 1.80. The van der Waals surface area contributed by atoms with Crippen molar-refractivity contribution in [1.82, 2.24) is 19.4 Å². The Kier molecular flexibility index (Phi) is 4.64. The van der Waals surface area contributed by atoms with E-state index in [1.54, 1.807) is 18.6 Å². The van der Waals surface area contributed by atoms with Crippen LogP contribution in [0.3, 0.4) is 0 Å². The minimum atomic E-state index is -0.138. The second kappa shape index (κ2) is 7.39. The van der Waals surface area contributed by atoms with Crippen LogP contribution < -0.4 is 4.74 Å². The molecule has 4 heterocycles. The summed E-state index contributed by atoms with van der Waals surface area (Å²) in [5.41, 5.74) is 1.89. The molecule has 6 heteroatoms. The molecule has 0 radical (unpaired) electrons. The molecule has 0 saturated heterocycles. The maximum Gasteiger partial charge on any atom is 0.229 e. The zero-order valence-electron chi connectivity index (χ0n) is 14.4. The summed E-state index contributed by atoms with van der Waals surface area (Å²) in [4.78, 5) is 23.1. The number of nitrogens with zero attached hydrogens (tertiary/aromatic N) is 4. The molecule has 3 aromatic heterocycles. The van der Waals surface area contributed by atoms with Crippen molar-refractivity contribution in [2.45, 2.75) is 25.6 Å². The highest BCUT2D eigenvalue weighted by atomic mass is 16.5. The average Bonchev–Trinajstić information content (AvgIpc) is 3.02. The third kappa shape index (κ3) is 3.74. The van der Waals surface area contributed by atoms with Gasteiger partial charge in [-0.2, -0.15) is 0 Å². The van der Waals surface area contributed by atoms with Gasteiger partial charge in [-0.05, 0) is 36.4 Å². The highest BCUT2D eigenvalue weighted by Crippen LogP contribution is 2.18. The molecule has 0 saturated carbocycles. The Balaban J connectivity index is 1.53. The summed E-state index contributed by atoms with van der Waals surface area (Å²) in [6, 6.07) is 13.4. The van der Waals surface area contributed by atoms with E-state index in [0.29, 0.717) is 31.8 Å². The van der Waals surface area contributed by atoms with E-state index in [-0.39, 0.29) is 12.0 Å². The van der Waals surface area contributed by atoms with Gasteiger partial charge >= 0.3 is 0 Å². The Labute approximate surface area is 152 Å². The molecule has 1 aliphatic rings. The van der Waals surface area contributed by atoms with E-state index in [1.165, 1.54) is 0 Å². The van der Waals surface area contributed by atoms with Crippen LogP contribution in [0, 0.1) is 0 Å². The maximum absolute atomic E-state index is 12.9. The van der Waals surface area contributed by atoms with Crippen molar-refractivity contribution < 1.29 is 9.53 Å². The Morgan fingerprint density at radius 3 is 2.88 bits per heavy atom. The van der Waals surface area contributed by atoms with Gasteiger partial charge in [-0.15, -0.1) is 0 Å². The van der Waals surface area contributed by atoms with Gasteiger partial charge in [0.1, 0.15) is 11.9 Å². The molecule has 0 bridgehead atoms. The average molecular weight is 348 g/mol. The molecule has 26 heavy (non-hydrogen) atoms. The number of carbonyl (C=O) groups is 1. The predicted molar refractivity (Wildman–Crippen MR) is 96.4 cm³/mol. The van der Waals surface area contributed by atoms with E-state index in [4.69, 9.17) is 4.74 Å². The van der Waals surface area contributed by atoms with Crippen molar-refractivity contribution in [3.05, 3.63) is 78.6 Å². The molecule has 0 aromatic carbocycles. The molecule has 0 spiro atoms. The molecule has 0 unspecified atom stereocenters. The Bertz CT molecular complexity index is 864. The summed E-state index contributed by atoms with van der Waals surface area (Å²) in [7, 11) is 0. The number of ether oxygens (including phenoxy) is 1. The lowest BCUT2D eigenvalue weighted by molar-refractivity contribution is -0.132. The minimum absolute atomic E-state index is 0.0538. The van der Waals surface area contributed by atoms with Gasteiger partial charge in [0.25, 0.3) is 0 Å². The van der Waals surface area contributed by atoms with E-state index in [9.17, 15) is 4.79 Å². The van der Waals surface area contributed by atoms with Gasteiger partial charge in [-0.25, -0.2) is 0 Å². The normalized spacial score (nSPS) is 16.6. The zero-order chi connectivity index (χ0) is 17.8. The van der Waals surface area contributed by atoms with Crippen molar-refractivity contribution >= 4 is 5.91 Å². The Morgan fingerprint density at radius 2 is 2.08 bits per heavy atom. The van der Waals surface area contributed by atoms with E-state index < -0.39 is 0 Å². The van der Waals surface area contributed by atoms with Gasteiger partial charge < -0.3 is 14.2 Å². The van der Waals surface area contributed by atoms with Crippen LogP contribution in [0.1, 0.15) is 11.4 Å². The van der Waals surface area contributed by atoms with Gasteiger partial charge in [0.15, 0.2) is 0 Å². The number of amides is 1. The van der Waals surface area contributed by atoms with Crippen molar-refractivity contribution in [3.63, 3.8) is 0 Å². The third-order valence-corrected chi connectivity index (χ3v) is 4.45. The quantitative estimate of drug-likeness (QED) is 0.726. The lowest BCUT2D eigenvalue weighted by Gasteiger charge is -2.24. The van der Waals surface area contributed by atoms with Crippen LogP contribution >= 0.6 is 0 Å². The molecule has 0 fully saturated rings. The molecule has 4 rings (SSSR count). The van der Waals surface area contributed by atoms with Gasteiger partial charge in [0, 0.05) is 30.0 Å². The van der Waals surface area contributed by atoms with E-state index >= 15 is 0 Å². The van der Waals surface area contributed by atoms with Crippen molar-refractivity contribution in [2.24, 2.45) is 0 Å². The fourth-order valence-electron chi connectivity index (χ4n) is 3.20. The molecule has 6 nitrogen and oxygen atoms in total. The number of fused-ring (bicyclic) bond motifs is 1. The first-order valence-corrected chi connectivity index (χ1v) is 8.66. The van der Waals surface area contributed by atoms with Crippen molar-refractivity contribution in [2.75, 3.05) is 6.54 Å². The largest absolute Gasteiger partial charge is 0.485 e. The first-order valence-electron chi connectivity index (χ1n) is 8.66. The standard InChI is InChI=1S/C20H20N4O2/c25-20(11-16-5-1-2-9-22-16)24-13-17-6-4-10-23(17)14-19(15-24)26-18-7-3-8-21-12-18/h1-10,12,19H,11,13-15H2/t19-/m1/s1. The molecule has 1 amide bonds. The maximum atomic E-state index is 12.9. The number of carbonyl (C=O) groups excluding carboxylic acids is 1. The second-order valence-corrected chi connectivity index (χ2v) is 6.35. The molecule has 1 atom stereocenters. The first kappa shape index (κ1) is 16.3. The summed E-state index contributed by atoms with van der Waals surface area (Å²) < 4.78 is 8.25. The second-order valence-electron chi connectivity index (χ2n) is 6.35. The molecule has 132 valence electrons. The van der Waals surface area contributed by atoms with Gasteiger partial charge in [-0.3, -0.25) is 14.8 Å². The van der Waals surface area contributed by atoms with Crippen LogP contribution in [0.25, 0.3) is 0 Å². The predicted octanol–water partition coefficient (Wildman–Crippen LogP) is 2.31. The van der Waals surface area contributed by atoms with Crippen LogP contribution in [0.2, 0.25) is 0 Å². The van der Waals surface area contributed by atoms with Gasteiger partial charge in [0.2, 0.25) is 5.91 Å². The van der Waals surface area contributed by atoms with Crippen LogP contribution in [-0.2, 0) is 24.3 Å². The lowest BCUT2D eigenvalue weighted by atomic mass is 10.2. The van der Waals surface area contributed by atoms with Gasteiger partial charge in [0.05, 0.1) is 32.3 Å². The monoisotopic (exact) mass is 348 g/mol. The molecule has 1 aliphatic heterocycles. The first-order chi connectivity index (χ1) is 12.8.